The Hall–Kier alpha value is -3.66. The van der Waals surface area contributed by atoms with Gasteiger partial charge in [0.15, 0.2) is 0 Å². The zero-order valence-corrected chi connectivity index (χ0v) is 30.8. The summed E-state index contributed by atoms with van der Waals surface area (Å²) in [5, 5.41) is 0.737. The Morgan fingerprint density at radius 3 is 2.74 bits per heavy atom. The molecule has 0 fully saturated rings. The Morgan fingerprint density at radius 1 is 1.12 bits per heavy atom. The van der Waals surface area contributed by atoms with Crippen LogP contribution in [0.3, 0.4) is 0 Å². The summed E-state index contributed by atoms with van der Waals surface area (Å²) in [5.74, 6) is 0.125. The molecule has 0 radical (unpaired) electrons. The molecule has 2 bridgehead atoms. The van der Waals surface area contributed by atoms with Crippen LogP contribution in [-0.4, -0.2) is 54.7 Å². The van der Waals surface area contributed by atoms with E-state index < -0.39 is 21.7 Å². The molecule has 0 aromatic heterocycles. The number of carbonyl (C=O) groups is 2. The summed E-state index contributed by atoms with van der Waals surface area (Å²) in [4.78, 5) is 29.3. The summed E-state index contributed by atoms with van der Waals surface area (Å²) in [5.41, 5.74) is 4.36. The van der Waals surface area contributed by atoms with E-state index in [4.69, 9.17) is 21.1 Å². The van der Waals surface area contributed by atoms with Crippen LogP contribution >= 0.6 is 11.6 Å². The fourth-order valence-corrected chi connectivity index (χ4v) is 9.44. The highest BCUT2D eigenvalue weighted by atomic mass is 35.5. The normalized spacial score (nSPS) is 27.7. The van der Waals surface area contributed by atoms with E-state index in [0.717, 1.165) is 35.5 Å². The number of nitrogens with one attached hydrogen (secondary N) is 1. The number of methoxy groups -OCH3 is 1. The van der Waals surface area contributed by atoms with Crippen LogP contribution in [0.25, 0.3) is 0 Å². The van der Waals surface area contributed by atoms with Gasteiger partial charge in [-0.25, -0.2) is 4.21 Å². The minimum Gasteiger partial charge on any atom is -0.490 e. The molecule has 2 aliphatic heterocycles. The minimum atomic E-state index is -3.40. The van der Waals surface area contributed by atoms with E-state index in [0.29, 0.717) is 50.3 Å². The molecule has 0 saturated carbocycles. The van der Waals surface area contributed by atoms with Crippen molar-refractivity contribution in [2.24, 2.45) is 16.2 Å². The number of hydrogen-bond donors (Lipinski definition) is 1. The lowest BCUT2D eigenvalue weighted by atomic mass is 9.70. The smallest absolute Gasteiger partial charge is 0.286 e. The molecule has 0 saturated heterocycles. The molecule has 10 heteroatoms. The van der Waals surface area contributed by atoms with Gasteiger partial charge in [-0.1, -0.05) is 74.0 Å². The third-order valence-corrected chi connectivity index (χ3v) is 12.7. The van der Waals surface area contributed by atoms with Crippen molar-refractivity contribution in [1.29, 1.82) is 0 Å². The Balaban J connectivity index is 1.37. The topological polar surface area (TPSA) is 97.3 Å². The van der Waals surface area contributed by atoms with Gasteiger partial charge in [-0.3, -0.25) is 14.3 Å². The van der Waals surface area contributed by atoms with Gasteiger partial charge in [0.2, 0.25) is 5.91 Å². The van der Waals surface area contributed by atoms with Crippen LogP contribution in [0.4, 0.5) is 5.69 Å². The number of allylic oxidation sites excluding steroid dienone is 1. The quantitative estimate of drug-likeness (QED) is 0.272. The standard InChI is InChI=1S/C40H48ClN3O5S/c1-28-25-44-26-40(21-10-13-31-23-33(41)17-18-34(31)40)27-49-37-19-16-32(24-35(37)44)39(46)43-50(47,22-9-5-8-14-36(48-3)29(28)2)42-38(45)20-15-30-11-6-4-7-12-30/h4,6-8,11-12,14,16-19,23-24,28-29,36H,5,9-10,13,15,20-22,25-27H2,1-3H3,(H,42,43,45,46,47)/b14-8-/t28-,29+,36-,40-,50?/m0/s1. The number of carbonyl (C=O) groups excluding carboxylic acids is 2. The summed E-state index contributed by atoms with van der Waals surface area (Å²) in [7, 11) is -1.67. The van der Waals surface area contributed by atoms with E-state index in [1.807, 2.05) is 54.6 Å². The van der Waals surface area contributed by atoms with Gasteiger partial charge in [0.05, 0.1) is 24.2 Å². The molecule has 1 N–H and O–H groups in total. The lowest BCUT2D eigenvalue weighted by Crippen LogP contribution is -2.47. The Labute approximate surface area is 301 Å². The zero-order chi connectivity index (χ0) is 35.3. The van der Waals surface area contributed by atoms with E-state index in [1.165, 1.54) is 11.1 Å². The average molecular weight is 718 g/mol. The van der Waals surface area contributed by atoms with Crippen molar-refractivity contribution in [2.75, 3.05) is 37.5 Å². The number of amides is 2. The number of fused-ring (bicyclic) bond motifs is 3. The number of aryl methyl sites for hydroxylation is 2. The van der Waals surface area contributed by atoms with Gasteiger partial charge in [0.1, 0.15) is 15.7 Å². The maximum absolute atomic E-state index is 14.2. The Morgan fingerprint density at radius 2 is 1.94 bits per heavy atom. The first-order valence-corrected chi connectivity index (χ1v) is 19.8. The first kappa shape index (κ1) is 36.1. The van der Waals surface area contributed by atoms with Crippen LogP contribution in [0.1, 0.15) is 73.0 Å². The first-order valence-electron chi connectivity index (χ1n) is 17.7. The molecule has 3 aromatic carbocycles. The molecule has 1 aliphatic carbocycles. The molecule has 1 unspecified atom stereocenters. The maximum Gasteiger partial charge on any atom is 0.286 e. The van der Waals surface area contributed by atoms with Crippen LogP contribution in [0, 0.1) is 11.8 Å². The number of benzene rings is 3. The average Bonchev–Trinajstić information content (AvgIpc) is 3.25. The summed E-state index contributed by atoms with van der Waals surface area (Å²) < 4.78 is 33.7. The number of hydrogen-bond acceptors (Lipinski definition) is 6. The van der Waals surface area contributed by atoms with E-state index in [9.17, 15) is 13.8 Å². The van der Waals surface area contributed by atoms with Crippen LogP contribution < -0.4 is 14.4 Å². The highest BCUT2D eigenvalue weighted by Crippen LogP contribution is 2.45. The van der Waals surface area contributed by atoms with E-state index >= 15 is 0 Å². The zero-order valence-electron chi connectivity index (χ0n) is 29.2. The number of nitrogens with zero attached hydrogens (tertiary/aromatic N) is 2. The highest BCUT2D eigenvalue weighted by Gasteiger charge is 2.42. The number of anilines is 1. The predicted octanol–water partition coefficient (Wildman–Crippen LogP) is 7.72. The van der Waals surface area contributed by atoms with E-state index in [-0.39, 0.29) is 35.5 Å². The van der Waals surface area contributed by atoms with Gasteiger partial charge in [-0.15, -0.1) is 4.36 Å². The van der Waals surface area contributed by atoms with Crippen LogP contribution in [-0.2, 0) is 37.7 Å². The number of rotatable bonds is 5. The van der Waals surface area contributed by atoms with Gasteiger partial charge < -0.3 is 14.4 Å². The van der Waals surface area contributed by atoms with Crippen molar-refractivity contribution in [2.45, 2.75) is 70.3 Å². The number of halogens is 1. The van der Waals surface area contributed by atoms with Crippen LogP contribution in [0.2, 0.25) is 5.02 Å². The molecular formula is C40H48ClN3O5S. The Kier molecular flexibility index (Phi) is 11.4. The van der Waals surface area contributed by atoms with Gasteiger partial charge in [0.25, 0.3) is 5.91 Å². The summed E-state index contributed by atoms with van der Waals surface area (Å²) in [6, 6.07) is 21.2. The molecular weight excluding hydrogens is 670 g/mol. The molecule has 2 amide bonds. The molecule has 50 heavy (non-hydrogen) atoms. The van der Waals surface area contributed by atoms with Crippen LogP contribution in [0.15, 0.2) is 83.2 Å². The van der Waals surface area contributed by atoms with E-state index in [2.05, 4.69) is 46.0 Å². The largest absolute Gasteiger partial charge is 0.490 e. The summed E-state index contributed by atoms with van der Waals surface area (Å²) >= 11 is 6.44. The number of ether oxygens (including phenoxy) is 2. The van der Waals surface area contributed by atoms with Gasteiger partial charge in [0, 0.05) is 42.6 Å². The van der Waals surface area contributed by atoms with Crippen molar-refractivity contribution < 1.29 is 23.3 Å². The van der Waals surface area contributed by atoms with Gasteiger partial charge in [-0.2, -0.15) is 0 Å². The molecule has 3 aliphatic rings. The van der Waals surface area contributed by atoms with Gasteiger partial charge >= 0.3 is 0 Å². The fraction of sp³-hybridized carbons (Fsp3) is 0.450. The molecule has 5 atom stereocenters. The molecule has 266 valence electrons. The molecule has 3 aromatic rings. The second kappa shape index (κ2) is 15.7. The maximum atomic E-state index is 14.2. The van der Waals surface area contributed by atoms with Crippen LogP contribution in [0.5, 0.6) is 5.75 Å². The lowest BCUT2D eigenvalue weighted by Gasteiger charge is -2.42. The Bertz CT molecular complexity index is 1860. The van der Waals surface area contributed by atoms with Gasteiger partial charge in [-0.05, 0) is 97.4 Å². The summed E-state index contributed by atoms with van der Waals surface area (Å²) in [6.07, 6.45) is 8.68. The third-order valence-electron chi connectivity index (χ3n) is 10.6. The molecule has 2 heterocycles. The van der Waals surface area contributed by atoms with Crippen molar-refractivity contribution in [3.8, 4) is 5.75 Å². The van der Waals surface area contributed by atoms with Crippen molar-refractivity contribution >= 4 is 39.0 Å². The van der Waals surface area contributed by atoms with E-state index in [1.54, 1.807) is 13.2 Å². The van der Waals surface area contributed by atoms with Crippen molar-refractivity contribution in [3.63, 3.8) is 0 Å². The lowest BCUT2D eigenvalue weighted by molar-refractivity contribution is -0.119. The van der Waals surface area contributed by atoms with Crippen molar-refractivity contribution in [1.82, 2.24) is 4.72 Å². The minimum absolute atomic E-state index is 0.0515. The summed E-state index contributed by atoms with van der Waals surface area (Å²) in [6.45, 7) is 6.37. The predicted molar refractivity (Wildman–Crippen MR) is 200 cm³/mol. The molecule has 8 nitrogen and oxygen atoms in total. The SMILES string of the molecule is CO[C@H]1/C=C\CCCS(=O)(NC(=O)CCc2ccccc2)=NC(=O)c2ccc3c(c2)N(C[C@H](C)[C@H]1C)C[C@@]1(CCCc2cc(Cl)ccc21)CO3. The molecule has 1 spiro atoms. The monoisotopic (exact) mass is 717 g/mol. The third kappa shape index (κ3) is 8.27. The molecule has 6 rings (SSSR count). The second-order valence-electron chi connectivity index (χ2n) is 14.1. The highest BCUT2D eigenvalue weighted by molar-refractivity contribution is 7.92. The fourth-order valence-electron chi connectivity index (χ4n) is 7.62. The first-order chi connectivity index (χ1) is 24.1. The van der Waals surface area contributed by atoms with Crippen molar-refractivity contribution in [3.05, 3.63) is 106 Å². The second-order valence-corrected chi connectivity index (χ2v) is 16.7.